The summed E-state index contributed by atoms with van der Waals surface area (Å²) in [5.74, 6) is -0.197. The van der Waals surface area contributed by atoms with Gasteiger partial charge in [0.25, 0.3) is 0 Å². The van der Waals surface area contributed by atoms with Crippen LogP contribution in [0.25, 0.3) is 0 Å². The molecule has 1 spiro atoms. The van der Waals surface area contributed by atoms with Gasteiger partial charge in [-0.1, -0.05) is 24.4 Å². The molecule has 0 aromatic carbocycles. The SMILES string of the molecule is C[C@@H]1OC(=O)C2(CCCCC2)C1=NO. The van der Waals surface area contributed by atoms with Gasteiger partial charge in [0.15, 0.2) is 0 Å². The van der Waals surface area contributed by atoms with E-state index in [1.54, 1.807) is 6.92 Å². The third-order valence-corrected chi connectivity index (χ3v) is 3.36. The van der Waals surface area contributed by atoms with Crippen molar-refractivity contribution < 1.29 is 14.7 Å². The number of hydrogen-bond acceptors (Lipinski definition) is 4. The Morgan fingerprint density at radius 1 is 1.43 bits per heavy atom. The molecule has 2 fully saturated rings. The Hall–Kier alpha value is -1.06. The molecule has 14 heavy (non-hydrogen) atoms. The van der Waals surface area contributed by atoms with E-state index in [9.17, 15) is 4.79 Å². The molecule has 1 aliphatic heterocycles. The van der Waals surface area contributed by atoms with Gasteiger partial charge in [0, 0.05) is 0 Å². The quantitative estimate of drug-likeness (QED) is 0.365. The Labute approximate surface area is 82.9 Å². The molecule has 0 aromatic rings. The molecule has 0 bridgehead atoms. The second-order valence-electron chi connectivity index (χ2n) is 4.18. The molecule has 1 heterocycles. The van der Waals surface area contributed by atoms with E-state index >= 15 is 0 Å². The van der Waals surface area contributed by atoms with Gasteiger partial charge in [0.1, 0.15) is 17.2 Å². The molecule has 0 radical (unpaired) electrons. The molecule has 0 amide bonds. The maximum absolute atomic E-state index is 11.7. The largest absolute Gasteiger partial charge is 0.456 e. The highest BCUT2D eigenvalue weighted by molar-refractivity contribution is 6.13. The minimum Gasteiger partial charge on any atom is -0.456 e. The number of nitrogens with zero attached hydrogens (tertiary/aromatic N) is 1. The van der Waals surface area contributed by atoms with Gasteiger partial charge < -0.3 is 9.94 Å². The molecule has 0 unspecified atom stereocenters. The lowest BCUT2D eigenvalue weighted by Crippen LogP contribution is -2.36. The maximum atomic E-state index is 11.7. The van der Waals surface area contributed by atoms with Crippen molar-refractivity contribution in [1.29, 1.82) is 0 Å². The molecule has 78 valence electrons. The zero-order valence-electron chi connectivity index (χ0n) is 8.32. The maximum Gasteiger partial charge on any atom is 0.318 e. The van der Waals surface area contributed by atoms with Crippen molar-refractivity contribution in [2.75, 3.05) is 0 Å². The van der Waals surface area contributed by atoms with Crippen LogP contribution >= 0.6 is 0 Å². The average molecular weight is 197 g/mol. The highest BCUT2D eigenvalue weighted by Gasteiger charge is 2.54. The minimum atomic E-state index is -0.591. The molecule has 1 saturated carbocycles. The van der Waals surface area contributed by atoms with Gasteiger partial charge in [0.2, 0.25) is 0 Å². The summed E-state index contributed by atoms with van der Waals surface area (Å²) in [6.45, 7) is 1.76. The molecule has 4 heteroatoms. The first-order valence-electron chi connectivity index (χ1n) is 5.14. The third kappa shape index (κ3) is 1.13. The van der Waals surface area contributed by atoms with E-state index in [2.05, 4.69) is 5.16 Å². The fourth-order valence-corrected chi connectivity index (χ4v) is 2.62. The molecule has 4 nitrogen and oxygen atoms in total. The highest BCUT2D eigenvalue weighted by Crippen LogP contribution is 2.44. The minimum absolute atomic E-state index is 0.197. The number of esters is 1. The Balaban J connectivity index is 2.34. The number of oxime groups is 1. The van der Waals surface area contributed by atoms with E-state index in [1.165, 1.54) is 0 Å². The zero-order chi connectivity index (χ0) is 10.2. The Kier molecular flexibility index (Phi) is 2.21. The van der Waals surface area contributed by atoms with Crippen molar-refractivity contribution in [2.45, 2.75) is 45.1 Å². The number of carbonyl (C=O) groups excluding carboxylic acids is 1. The molecule has 1 N–H and O–H groups in total. The third-order valence-electron chi connectivity index (χ3n) is 3.36. The molecule has 1 atom stereocenters. The number of hydrogen-bond donors (Lipinski definition) is 1. The smallest absolute Gasteiger partial charge is 0.318 e. The normalized spacial score (nSPS) is 33.6. The van der Waals surface area contributed by atoms with Gasteiger partial charge in [-0.05, 0) is 19.8 Å². The summed E-state index contributed by atoms with van der Waals surface area (Å²) >= 11 is 0. The van der Waals surface area contributed by atoms with Crippen molar-refractivity contribution >= 4 is 11.7 Å². The van der Waals surface area contributed by atoms with E-state index < -0.39 is 5.41 Å². The lowest BCUT2D eigenvalue weighted by molar-refractivity contribution is -0.149. The topological polar surface area (TPSA) is 58.9 Å². The van der Waals surface area contributed by atoms with Crippen molar-refractivity contribution in [3.8, 4) is 0 Å². The van der Waals surface area contributed by atoms with Crippen LogP contribution in [-0.2, 0) is 9.53 Å². The number of carbonyl (C=O) groups is 1. The van der Waals surface area contributed by atoms with Crippen LogP contribution in [0.15, 0.2) is 5.16 Å². The Morgan fingerprint density at radius 3 is 2.64 bits per heavy atom. The molecule has 2 rings (SSSR count). The second-order valence-corrected chi connectivity index (χ2v) is 4.18. The fraction of sp³-hybridized carbons (Fsp3) is 0.800. The number of ether oxygens (including phenoxy) is 1. The lowest BCUT2D eigenvalue weighted by atomic mass is 9.71. The predicted octanol–water partition coefficient (Wildman–Crippen LogP) is 1.71. The van der Waals surface area contributed by atoms with Crippen molar-refractivity contribution in [3.63, 3.8) is 0 Å². The van der Waals surface area contributed by atoms with Crippen molar-refractivity contribution in [3.05, 3.63) is 0 Å². The van der Waals surface area contributed by atoms with Crippen LogP contribution in [0.4, 0.5) is 0 Å². The first kappa shape index (κ1) is 9.49. The van der Waals surface area contributed by atoms with Crippen LogP contribution < -0.4 is 0 Å². The summed E-state index contributed by atoms with van der Waals surface area (Å²) in [4.78, 5) is 11.7. The van der Waals surface area contributed by atoms with Crippen LogP contribution in [0, 0.1) is 5.41 Å². The molecular weight excluding hydrogens is 182 g/mol. The van der Waals surface area contributed by atoms with Crippen LogP contribution in [0.5, 0.6) is 0 Å². The molecule has 0 aromatic heterocycles. The summed E-state index contributed by atoms with van der Waals surface area (Å²) in [7, 11) is 0. The van der Waals surface area contributed by atoms with Crippen LogP contribution in [0.2, 0.25) is 0 Å². The molecule has 1 saturated heterocycles. The van der Waals surface area contributed by atoms with E-state index in [0.29, 0.717) is 5.71 Å². The molecule has 2 aliphatic rings. The lowest BCUT2D eigenvalue weighted by Gasteiger charge is -2.28. The first-order valence-corrected chi connectivity index (χ1v) is 5.14. The molecule has 1 aliphatic carbocycles. The fourth-order valence-electron chi connectivity index (χ4n) is 2.62. The Morgan fingerprint density at radius 2 is 2.07 bits per heavy atom. The highest BCUT2D eigenvalue weighted by atomic mass is 16.6. The van der Waals surface area contributed by atoms with Crippen LogP contribution in [0.3, 0.4) is 0 Å². The van der Waals surface area contributed by atoms with Gasteiger partial charge >= 0.3 is 5.97 Å². The number of rotatable bonds is 0. The van der Waals surface area contributed by atoms with Gasteiger partial charge in [-0.15, -0.1) is 0 Å². The first-order chi connectivity index (χ1) is 6.70. The van der Waals surface area contributed by atoms with E-state index in [1.807, 2.05) is 0 Å². The monoisotopic (exact) mass is 197 g/mol. The predicted molar refractivity (Wildman–Crippen MR) is 50.3 cm³/mol. The standard InChI is InChI=1S/C10H15NO3/c1-7-8(11-13)10(9(12)14-7)5-3-2-4-6-10/h7,13H,2-6H2,1H3/t7-/m0/s1. The van der Waals surface area contributed by atoms with Crippen LogP contribution in [-0.4, -0.2) is 23.0 Å². The van der Waals surface area contributed by atoms with E-state index in [-0.39, 0.29) is 12.1 Å². The van der Waals surface area contributed by atoms with Gasteiger partial charge in [-0.2, -0.15) is 0 Å². The summed E-state index contributed by atoms with van der Waals surface area (Å²) in [6, 6.07) is 0. The van der Waals surface area contributed by atoms with Crippen LogP contribution in [0.1, 0.15) is 39.0 Å². The summed E-state index contributed by atoms with van der Waals surface area (Å²) in [5.41, 5.74) is -0.0610. The van der Waals surface area contributed by atoms with Crippen molar-refractivity contribution in [2.24, 2.45) is 10.6 Å². The summed E-state index contributed by atoms with van der Waals surface area (Å²) < 4.78 is 5.13. The summed E-state index contributed by atoms with van der Waals surface area (Å²) in [5, 5.41) is 12.2. The Bertz CT molecular complexity index is 279. The van der Waals surface area contributed by atoms with E-state index in [0.717, 1.165) is 32.1 Å². The number of cyclic esters (lactones) is 1. The summed E-state index contributed by atoms with van der Waals surface area (Å²) in [6.07, 6.45) is 4.38. The zero-order valence-corrected chi connectivity index (χ0v) is 8.32. The van der Waals surface area contributed by atoms with Crippen molar-refractivity contribution in [1.82, 2.24) is 0 Å². The van der Waals surface area contributed by atoms with E-state index in [4.69, 9.17) is 9.94 Å². The average Bonchev–Trinajstić information content (AvgIpc) is 2.40. The van der Waals surface area contributed by atoms with Gasteiger partial charge in [0.05, 0.1) is 0 Å². The van der Waals surface area contributed by atoms with Gasteiger partial charge in [-0.25, -0.2) is 0 Å². The van der Waals surface area contributed by atoms with Gasteiger partial charge in [-0.3, -0.25) is 4.79 Å². The molecular formula is C10H15NO3. The second kappa shape index (κ2) is 3.26.